The van der Waals surface area contributed by atoms with Crippen LogP contribution in [0.5, 0.6) is 0 Å². The summed E-state index contributed by atoms with van der Waals surface area (Å²) in [4.78, 5) is 0. The Balaban J connectivity index is 2.02. The monoisotopic (exact) mass is 319 g/mol. The molecule has 0 bridgehead atoms. The molecule has 1 aromatic rings. The van der Waals surface area contributed by atoms with E-state index in [1.54, 1.807) is 0 Å². The highest BCUT2D eigenvalue weighted by Gasteiger charge is 2.17. The first-order valence-corrected chi connectivity index (χ1v) is 9.77. The molecular formula is C18H25NO2S. The number of benzene rings is 1. The fraction of sp³-hybridized carbons (Fsp3) is 0.444. The lowest BCUT2D eigenvalue weighted by molar-refractivity contribution is 0.109. The van der Waals surface area contributed by atoms with E-state index in [0.29, 0.717) is 11.5 Å². The van der Waals surface area contributed by atoms with Crippen molar-refractivity contribution in [2.24, 2.45) is 0 Å². The van der Waals surface area contributed by atoms with Gasteiger partial charge in [-0.05, 0) is 64.4 Å². The summed E-state index contributed by atoms with van der Waals surface area (Å²) >= 11 is 0. The van der Waals surface area contributed by atoms with E-state index < -0.39 is 9.52 Å². The molecule has 2 rings (SSSR count). The molecule has 2 unspecified atom stereocenters. The lowest BCUT2D eigenvalue weighted by Gasteiger charge is -2.13. The highest BCUT2D eigenvalue weighted by molar-refractivity contribution is 8.00. The van der Waals surface area contributed by atoms with Crippen LogP contribution in [0.2, 0.25) is 0 Å². The number of ether oxygens (including phenoxy) is 1. The molecule has 0 saturated carbocycles. The van der Waals surface area contributed by atoms with E-state index in [2.05, 4.69) is 5.87 Å². The van der Waals surface area contributed by atoms with Crippen LogP contribution in [0, 0.1) is 12.3 Å². The quantitative estimate of drug-likeness (QED) is 0.619. The zero-order valence-corrected chi connectivity index (χ0v) is 14.0. The molecular weight excluding hydrogens is 294 g/mol. The first-order valence-electron chi connectivity index (χ1n) is 7.71. The summed E-state index contributed by atoms with van der Waals surface area (Å²) in [6.07, 6.45) is 6.44. The molecule has 120 valence electrons. The zero-order chi connectivity index (χ0) is 16.0. The molecule has 4 heteroatoms. The van der Waals surface area contributed by atoms with Gasteiger partial charge in [-0.25, -0.2) is 0 Å². The van der Waals surface area contributed by atoms with Gasteiger partial charge in [-0.3, -0.25) is 4.21 Å². The molecule has 0 aromatic heterocycles. The van der Waals surface area contributed by atoms with Crippen LogP contribution in [0.25, 0.3) is 6.08 Å². The van der Waals surface area contributed by atoms with E-state index >= 15 is 0 Å². The number of hydrogen-bond donors (Lipinski definition) is 1. The van der Waals surface area contributed by atoms with Gasteiger partial charge in [-0.2, -0.15) is 0 Å². The maximum absolute atomic E-state index is 12.7. The first-order chi connectivity index (χ1) is 10.5. The van der Waals surface area contributed by atoms with Gasteiger partial charge in [-0.15, -0.1) is 0 Å². The molecule has 1 N–H and O–H groups in total. The summed E-state index contributed by atoms with van der Waals surface area (Å²) in [5.74, 6) is 4.84. The van der Waals surface area contributed by atoms with Crippen LogP contribution in [-0.4, -0.2) is 40.5 Å². The van der Waals surface area contributed by atoms with Gasteiger partial charge in [0.1, 0.15) is 0 Å². The smallest absolute Gasteiger partial charge is 0.0584 e. The molecule has 1 aromatic carbocycles. The Morgan fingerprint density at radius 1 is 1.50 bits per heavy atom. The van der Waals surface area contributed by atoms with Gasteiger partial charge >= 0.3 is 0 Å². The number of aryl methyl sites for hydroxylation is 1. The SMILES string of the molecule is C=S(=O)(CCC1CCCO1)C/C(C=N)=C/c1ccccc1C. The first kappa shape index (κ1) is 17.0. The van der Waals surface area contributed by atoms with Crippen molar-refractivity contribution < 1.29 is 8.95 Å². The molecule has 1 saturated heterocycles. The van der Waals surface area contributed by atoms with Crippen LogP contribution in [0.4, 0.5) is 0 Å². The van der Waals surface area contributed by atoms with Gasteiger partial charge in [0, 0.05) is 24.3 Å². The summed E-state index contributed by atoms with van der Waals surface area (Å²) in [5.41, 5.74) is 2.98. The fourth-order valence-corrected chi connectivity index (χ4v) is 4.28. The minimum atomic E-state index is -2.21. The summed E-state index contributed by atoms with van der Waals surface area (Å²) in [6, 6.07) is 8.00. The van der Waals surface area contributed by atoms with Crippen molar-refractivity contribution in [1.82, 2.24) is 0 Å². The van der Waals surface area contributed by atoms with Crippen LogP contribution in [0.1, 0.15) is 30.4 Å². The lowest BCUT2D eigenvalue weighted by atomic mass is 10.1. The molecule has 1 fully saturated rings. The second kappa shape index (κ2) is 7.75. The Labute approximate surface area is 133 Å². The Morgan fingerprint density at radius 2 is 2.27 bits per heavy atom. The van der Waals surface area contributed by atoms with Crippen LogP contribution in [0.3, 0.4) is 0 Å². The standard InChI is InChI=1S/C18H25NO2S/c1-15-6-3-4-7-17(15)12-16(13-19)14-22(2,20)11-9-18-8-5-10-21-18/h3-4,6-7,12-13,18-19H,2,5,8-11,14H2,1H3/b16-12+,19-13?. The third-order valence-electron chi connectivity index (χ3n) is 3.98. The van der Waals surface area contributed by atoms with E-state index in [4.69, 9.17) is 10.1 Å². The molecule has 2 atom stereocenters. The average Bonchev–Trinajstić information content (AvgIpc) is 3.00. The molecule has 3 nitrogen and oxygen atoms in total. The summed E-state index contributed by atoms with van der Waals surface area (Å²) in [7, 11) is -2.21. The second-order valence-electron chi connectivity index (χ2n) is 5.96. The highest BCUT2D eigenvalue weighted by atomic mass is 32.2. The summed E-state index contributed by atoms with van der Waals surface area (Å²) in [5, 5.41) is 7.59. The third kappa shape index (κ3) is 5.11. The zero-order valence-electron chi connectivity index (χ0n) is 13.2. The topological polar surface area (TPSA) is 50.2 Å². The van der Waals surface area contributed by atoms with Crippen molar-refractivity contribution in [3.05, 3.63) is 41.0 Å². The normalized spacial score (nSPS) is 21.5. The van der Waals surface area contributed by atoms with Gasteiger partial charge < -0.3 is 10.1 Å². The van der Waals surface area contributed by atoms with E-state index in [1.165, 1.54) is 6.21 Å². The van der Waals surface area contributed by atoms with Gasteiger partial charge in [0.05, 0.1) is 6.10 Å². The molecule has 1 aliphatic rings. The van der Waals surface area contributed by atoms with Gasteiger partial charge in [0.25, 0.3) is 0 Å². The molecule has 0 spiro atoms. The minimum Gasteiger partial charge on any atom is -0.378 e. The predicted molar refractivity (Wildman–Crippen MR) is 96.5 cm³/mol. The van der Waals surface area contributed by atoms with Gasteiger partial charge in [-0.1, -0.05) is 24.3 Å². The Morgan fingerprint density at radius 3 is 2.91 bits per heavy atom. The van der Waals surface area contributed by atoms with Gasteiger partial charge in [0.15, 0.2) is 0 Å². The number of hydrogen-bond acceptors (Lipinski definition) is 3. The predicted octanol–water partition coefficient (Wildman–Crippen LogP) is 3.31. The van der Waals surface area contributed by atoms with Crippen LogP contribution >= 0.6 is 0 Å². The Bertz CT molecular complexity index is 641. The molecule has 0 aliphatic carbocycles. The molecule has 0 amide bonds. The fourth-order valence-electron chi connectivity index (χ4n) is 2.67. The Hall–Kier alpha value is -1.39. The van der Waals surface area contributed by atoms with Crippen molar-refractivity contribution in [3.8, 4) is 0 Å². The maximum Gasteiger partial charge on any atom is 0.0584 e. The number of rotatable bonds is 7. The van der Waals surface area contributed by atoms with E-state index in [1.807, 2.05) is 37.3 Å². The van der Waals surface area contributed by atoms with Crippen molar-refractivity contribution in [2.45, 2.75) is 32.3 Å². The van der Waals surface area contributed by atoms with Crippen LogP contribution in [-0.2, 0) is 14.3 Å². The van der Waals surface area contributed by atoms with Crippen LogP contribution < -0.4 is 0 Å². The van der Waals surface area contributed by atoms with Crippen molar-refractivity contribution in [2.75, 3.05) is 18.1 Å². The summed E-state index contributed by atoms with van der Waals surface area (Å²) in [6.45, 7) is 2.86. The molecule has 1 aliphatic heterocycles. The van der Waals surface area contributed by atoms with E-state index in [0.717, 1.165) is 42.6 Å². The van der Waals surface area contributed by atoms with Crippen molar-refractivity contribution in [1.29, 1.82) is 5.41 Å². The number of nitrogens with one attached hydrogen (secondary N) is 1. The largest absolute Gasteiger partial charge is 0.378 e. The van der Waals surface area contributed by atoms with Gasteiger partial charge in [0.2, 0.25) is 0 Å². The Kier molecular flexibility index (Phi) is 5.98. The van der Waals surface area contributed by atoms with Crippen molar-refractivity contribution >= 4 is 27.7 Å². The molecule has 0 radical (unpaired) electrons. The third-order valence-corrected chi connectivity index (χ3v) is 5.82. The van der Waals surface area contributed by atoms with Crippen molar-refractivity contribution in [3.63, 3.8) is 0 Å². The minimum absolute atomic E-state index is 0.242. The second-order valence-corrected chi connectivity index (χ2v) is 8.59. The molecule has 22 heavy (non-hydrogen) atoms. The van der Waals surface area contributed by atoms with E-state index in [-0.39, 0.29) is 6.10 Å². The maximum atomic E-state index is 12.7. The lowest BCUT2D eigenvalue weighted by Crippen LogP contribution is -2.18. The highest BCUT2D eigenvalue weighted by Crippen LogP contribution is 2.17. The summed E-state index contributed by atoms with van der Waals surface area (Å²) < 4.78 is 18.3. The molecule has 1 heterocycles. The van der Waals surface area contributed by atoms with Crippen LogP contribution in [0.15, 0.2) is 29.8 Å². The average molecular weight is 319 g/mol. The van der Waals surface area contributed by atoms with E-state index in [9.17, 15) is 4.21 Å².